The molecule has 3 rings (SSSR count). The molecule has 0 saturated carbocycles. The molecule has 1 unspecified atom stereocenters. The minimum Gasteiger partial charge on any atom is -0.322 e. The largest absolute Gasteiger partial charge is 0.322 e. The minimum absolute atomic E-state index is 0.243. The smallest absolute Gasteiger partial charge is 0.128 e. The maximum absolute atomic E-state index is 13.5. The fourth-order valence-electron chi connectivity index (χ4n) is 2.40. The number of hydrogen-bond acceptors (Lipinski definition) is 1. The van der Waals surface area contributed by atoms with Crippen molar-refractivity contribution in [3.63, 3.8) is 0 Å². The third kappa shape index (κ3) is 2.97. The van der Waals surface area contributed by atoms with Gasteiger partial charge in [0.05, 0.1) is 16.4 Å². The highest BCUT2D eigenvalue weighted by Gasteiger charge is 2.15. The van der Waals surface area contributed by atoms with Crippen molar-refractivity contribution in [2.75, 3.05) is 0 Å². The predicted molar refractivity (Wildman–Crippen MR) is 87.2 cm³/mol. The van der Waals surface area contributed by atoms with E-state index in [9.17, 15) is 4.39 Å². The van der Waals surface area contributed by atoms with Crippen LogP contribution in [0.1, 0.15) is 23.7 Å². The van der Waals surface area contributed by atoms with Gasteiger partial charge in [-0.2, -0.15) is 0 Å². The average Bonchev–Trinajstić information content (AvgIpc) is 2.77. The molecule has 0 aliphatic rings. The second kappa shape index (κ2) is 5.78. The quantitative estimate of drug-likeness (QED) is 0.575. The van der Waals surface area contributed by atoms with Crippen LogP contribution in [-0.2, 0) is 6.54 Å². The van der Waals surface area contributed by atoms with Gasteiger partial charge in [-0.05, 0) is 42.8 Å². The normalized spacial score (nSPS) is 12.8. The van der Waals surface area contributed by atoms with E-state index in [0.717, 1.165) is 26.9 Å². The SMILES string of the molecule is CC(Cl)c1nc2ccc(F)cc2n1Cc1cccc(Br)c1. The van der Waals surface area contributed by atoms with Gasteiger partial charge in [-0.3, -0.25) is 0 Å². The number of fused-ring (bicyclic) bond motifs is 1. The molecule has 0 saturated heterocycles. The molecule has 0 spiro atoms. The van der Waals surface area contributed by atoms with Gasteiger partial charge < -0.3 is 4.57 Å². The van der Waals surface area contributed by atoms with Crippen LogP contribution >= 0.6 is 27.5 Å². The van der Waals surface area contributed by atoms with Crippen molar-refractivity contribution in [3.8, 4) is 0 Å². The Kier molecular flexibility index (Phi) is 4.00. The maximum Gasteiger partial charge on any atom is 0.128 e. The lowest BCUT2D eigenvalue weighted by atomic mass is 10.2. The first-order chi connectivity index (χ1) is 10.0. The van der Waals surface area contributed by atoms with Gasteiger partial charge >= 0.3 is 0 Å². The number of aromatic nitrogens is 2. The Labute approximate surface area is 135 Å². The second-order valence-electron chi connectivity index (χ2n) is 4.94. The van der Waals surface area contributed by atoms with Gasteiger partial charge in [-0.15, -0.1) is 11.6 Å². The number of imidazole rings is 1. The van der Waals surface area contributed by atoms with E-state index in [4.69, 9.17) is 11.6 Å². The molecule has 5 heteroatoms. The van der Waals surface area contributed by atoms with Crippen LogP contribution in [0.2, 0.25) is 0 Å². The van der Waals surface area contributed by atoms with Gasteiger partial charge in [0, 0.05) is 11.0 Å². The van der Waals surface area contributed by atoms with Gasteiger partial charge in [-0.1, -0.05) is 28.1 Å². The van der Waals surface area contributed by atoms with E-state index in [1.54, 1.807) is 6.07 Å². The zero-order valence-corrected chi connectivity index (χ0v) is 13.7. The van der Waals surface area contributed by atoms with Gasteiger partial charge in [0.1, 0.15) is 11.6 Å². The lowest BCUT2D eigenvalue weighted by molar-refractivity contribution is 0.628. The number of nitrogens with zero attached hydrogens (tertiary/aromatic N) is 2. The van der Waals surface area contributed by atoms with Crippen LogP contribution in [0.15, 0.2) is 46.9 Å². The summed E-state index contributed by atoms with van der Waals surface area (Å²) in [6, 6.07) is 12.6. The summed E-state index contributed by atoms with van der Waals surface area (Å²) in [5, 5.41) is -0.243. The fraction of sp³-hybridized carbons (Fsp3) is 0.188. The predicted octanol–water partition coefficient (Wildman–Crippen LogP) is 5.29. The highest BCUT2D eigenvalue weighted by atomic mass is 79.9. The van der Waals surface area contributed by atoms with Crippen LogP contribution in [0.25, 0.3) is 11.0 Å². The lowest BCUT2D eigenvalue weighted by Crippen LogP contribution is -2.05. The summed E-state index contributed by atoms with van der Waals surface area (Å²) >= 11 is 9.69. The topological polar surface area (TPSA) is 17.8 Å². The summed E-state index contributed by atoms with van der Waals surface area (Å²) in [7, 11) is 0. The number of alkyl halides is 1. The molecule has 0 aliphatic heterocycles. The number of rotatable bonds is 3. The van der Waals surface area contributed by atoms with E-state index >= 15 is 0 Å². The molecule has 0 fully saturated rings. The van der Waals surface area contributed by atoms with E-state index in [2.05, 4.69) is 20.9 Å². The Morgan fingerprint density at radius 2 is 2.10 bits per heavy atom. The highest BCUT2D eigenvalue weighted by molar-refractivity contribution is 9.10. The molecule has 2 nitrogen and oxygen atoms in total. The van der Waals surface area contributed by atoms with Crippen LogP contribution in [0.3, 0.4) is 0 Å². The zero-order valence-electron chi connectivity index (χ0n) is 11.4. The first kappa shape index (κ1) is 14.5. The molecule has 108 valence electrons. The fourth-order valence-corrected chi connectivity index (χ4v) is 3.02. The minimum atomic E-state index is -0.272. The summed E-state index contributed by atoms with van der Waals surface area (Å²) in [5.41, 5.74) is 2.62. The molecule has 3 aromatic rings. The summed E-state index contributed by atoms with van der Waals surface area (Å²) < 4.78 is 16.5. The Balaban J connectivity index is 2.14. The van der Waals surface area contributed by atoms with E-state index < -0.39 is 0 Å². The zero-order chi connectivity index (χ0) is 15.0. The van der Waals surface area contributed by atoms with Crippen molar-refractivity contribution in [3.05, 3.63) is 64.1 Å². The van der Waals surface area contributed by atoms with Crippen molar-refractivity contribution in [2.45, 2.75) is 18.8 Å². The summed E-state index contributed by atoms with van der Waals surface area (Å²) in [4.78, 5) is 4.52. The number of hydrogen-bond donors (Lipinski definition) is 0. The van der Waals surface area contributed by atoms with Gasteiger partial charge in [0.25, 0.3) is 0 Å². The van der Waals surface area contributed by atoms with Crippen LogP contribution in [-0.4, -0.2) is 9.55 Å². The molecule has 0 aliphatic carbocycles. The molecule has 0 bridgehead atoms. The van der Waals surface area contributed by atoms with E-state index in [-0.39, 0.29) is 11.2 Å². The first-order valence-corrected chi connectivity index (χ1v) is 7.82. The third-order valence-electron chi connectivity index (χ3n) is 3.33. The van der Waals surface area contributed by atoms with Crippen molar-refractivity contribution >= 4 is 38.6 Å². The van der Waals surface area contributed by atoms with Crippen molar-refractivity contribution in [1.29, 1.82) is 0 Å². The Bertz CT molecular complexity index is 798. The Hall–Kier alpha value is -1.39. The van der Waals surface area contributed by atoms with Gasteiger partial charge in [0.15, 0.2) is 0 Å². The second-order valence-corrected chi connectivity index (χ2v) is 6.51. The molecule has 21 heavy (non-hydrogen) atoms. The molecule has 1 heterocycles. The number of benzene rings is 2. The van der Waals surface area contributed by atoms with Crippen LogP contribution in [0.5, 0.6) is 0 Å². The van der Waals surface area contributed by atoms with E-state index in [1.165, 1.54) is 12.1 Å². The molecule has 2 aromatic carbocycles. The summed E-state index contributed by atoms with van der Waals surface area (Å²) in [6.07, 6.45) is 0. The third-order valence-corrected chi connectivity index (χ3v) is 4.01. The Morgan fingerprint density at radius 3 is 2.81 bits per heavy atom. The standard InChI is InChI=1S/C16H13BrClFN2/c1-10(18)16-20-14-6-5-13(19)8-15(14)21(16)9-11-3-2-4-12(17)7-11/h2-8,10H,9H2,1H3. The molecule has 0 amide bonds. The number of halogens is 3. The van der Waals surface area contributed by atoms with Crippen LogP contribution < -0.4 is 0 Å². The molecule has 0 N–H and O–H groups in total. The highest BCUT2D eigenvalue weighted by Crippen LogP contribution is 2.26. The summed E-state index contributed by atoms with van der Waals surface area (Å²) in [5.74, 6) is 0.476. The first-order valence-electron chi connectivity index (χ1n) is 6.59. The van der Waals surface area contributed by atoms with Crippen molar-refractivity contribution < 1.29 is 4.39 Å². The lowest BCUT2D eigenvalue weighted by Gasteiger charge is -2.11. The van der Waals surface area contributed by atoms with E-state index in [0.29, 0.717) is 6.54 Å². The molecule has 1 aromatic heterocycles. The van der Waals surface area contributed by atoms with Crippen LogP contribution in [0, 0.1) is 5.82 Å². The molecular weight excluding hydrogens is 355 g/mol. The molecule has 0 radical (unpaired) electrons. The molecular formula is C16H13BrClFN2. The molecule has 1 atom stereocenters. The van der Waals surface area contributed by atoms with E-state index in [1.807, 2.05) is 35.8 Å². The Morgan fingerprint density at radius 1 is 1.29 bits per heavy atom. The maximum atomic E-state index is 13.5. The van der Waals surface area contributed by atoms with Gasteiger partial charge in [-0.25, -0.2) is 9.37 Å². The van der Waals surface area contributed by atoms with Crippen LogP contribution in [0.4, 0.5) is 4.39 Å². The van der Waals surface area contributed by atoms with Crippen molar-refractivity contribution in [2.24, 2.45) is 0 Å². The average molecular weight is 368 g/mol. The monoisotopic (exact) mass is 366 g/mol. The van der Waals surface area contributed by atoms with Crippen molar-refractivity contribution in [1.82, 2.24) is 9.55 Å². The summed E-state index contributed by atoms with van der Waals surface area (Å²) in [6.45, 7) is 2.47. The van der Waals surface area contributed by atoms with Gasteiger partial charge in [0.2, 0.25) is 0 Å².